The SMILES string of the molecule is CCN(CC)c1ccc(CNC(=O)[C@@H]2CCCN(c3cnn(Cc4ccccc4)c(=O)c3)C2)cc1. The summed E-state index contributed by atoms with van der Waals surface area (Å²) in [4.78, 5) is 30.0. The Balaban J connectivity index is 1.33. The Morgan fingerprint density at radius 1 is 1.06 bits per heavy atom. The van der Waals surface area contributed by atoms with Crippen molar-refractivity contribution in [2.75, 3.05) is 36.0 Å². The number of hydrogen-bond donors (Lipinski definition) is 1. The second-order valence-electron chi connectivity index (χ2n) is 9.04. The maximum absolute atomic E-state index is 12.9. The third kappa shape index (κ3) is 6.29. The van der Waals surface area contributed by atoms with Gasteiger partial charge in [-0.25, -0.2) is 4.68 Å². The van der Waals surface area contributed by atoms with Crippen LogP contribution >= 0.6 is 0 Å². The van der Waals surface area contributed by atoms with Crippen LogP contribution in [0.4, 0.5) is 11.4 Å². The maximum atomic E-state index is 12.9. The minimum atomic E-state index is -0.133. The van der Waals surface area contributed by atoms with Gasteiger partial charge in [-0.1, -0.05) is 42.5 Å². The fourth-order valence-corrected chi connectivity index (χ4v) is 4.64. The van der Waals surface area contributed by atoms with Gasteiger partial charge < -0.3 is 15.1 Å². The molecule has 1 aliphatic heterocycles. The Kier molecular flexibility index (Phi) is 8.19. The first-order valence-electron chi connectivity index (χ1n) is 12.5. The van der Waals surface area contributed by atoms with Crippen LogP contribution in [-0.4, -0.2) is 41.9 Å². The Hall–Kier alpha value is -3.61. The van der Waals surface area contributed by atoms with E-state index in [1.54, 1.807) is 12.3 Å². The first kappa shape index (κ1) is 24.5. The van der Waals surface area contributed by atoms with Crippen molar-refractivity contribution < 1.29 is 4.79 Å². The van der Waals surface area contributed by atoms with Gasteiger partial charge in [0.15, 0.2) is 0 Å². The van der Waals surface area contributed by atoms with Crippen molar-refractivity contribution in [1.29, 1.82) is 0 Å². The van der Waals surface area contributed by atoms with E-state index in [0.29, 0.717) is 19.6 Å². The number of carbonyl (C=O) groups is 1. The molecule has 2 heterocycles. The molecule has 1 fully saturated rings. The van der Waals surface area contributed by atoms with Gasteiger partial charge in [-0.15, -0.1) is 0 Å². The molecule has 1 atom stereocenters. The summed E-state index contributed by atoms with van der Waals surface area (Å²) in [5, 5.41) is 7.49. The number of piperidine rings is 1. The predicted molar refractivity (Wildman–Crippen MR) is 141 cm³/mol. The fraction of sp³-hybridized carbons (Fsp3) is 0.393. The molecule has 4 rings (SSSR count). The minimum Gasteiger partial charge on any atom is -0.372 e. The third-order valence-electron chi connectivity index (χ3n) is 6.72. The molecule has 1 saturated heterocycles. The summed E-state index contributed by atoms with van der Waals surface area (Å²) in [5.74, 6) is -0.0432. The third-order valence-corrected chi connectivity index (χ3v) is 6.72. The number of nitrogens with zero attached hydrogens (tertiary/aromatic N) is 4. The summed E-state index contributed by atoms with van der Waals surface area (Å²) >= 11 is 0. The van der Waals surface area contributed by atoms with Crippen LogP contribution in [0.5, 0.6) is 0 Å². The molecule has 0 aliphatic carbocycles. The fourth-order valence-electron chi connectivity index (χ4n) is 4.64. The van der Waals surface area contributed by atoms with E-state index in [1.165, 1.54) is 10.4 Å². The molecule has 0 radical (unpaired) electrons. The van der Waals surface area contributed by atoms with E-state index in [-0.39, 0.29) is 17.4 Å². The highest BCUT2D eigenvalue weighted by Gasteiger charge is 2.26. The average molecular weight is 474 g/mol. The predicted octanol–water partition coefficient (Wildman–Crippen LogP) is 3.67. The van der Waals surface area contributed by atoms with Gasteiger partial charge in [0.25, 0.3) is 5.56 Å². The van der Waals surface area contributed by atoms with Crippen LogP contribution < -0.4 is 20.7 Å². The van der Waals surface area contributed by atoms with E-state index >= 15 is 0 Å². The van der Waals surface area contributed by atoms with Gasteiger partial charge in [-0.2, -0.15) is 5.10 Å². The quantitative estimate of drug-likeness (QED) is 0.514. The van der Waals surface area contributed by atoms with E-state index in [4.69, 9.17) is 0 Å². The van der Waals surface area contributed by atoms with Crippen molar-refractivity contribution in [2.24, 2.45) is 5.92 Å². The van der Waals surface area contributed by atoms with Crippen molar-refractivity contribution in [3.8, 4) is 0 Å². The van der Waals surface area contributed by atoms with Crippen LogP contribution in [0.1, 0.15) is 37.8 Å². The van der Waals surface area contributed by atoms with Crippen LogP contribution in [0.15, 0.2) is 71.7 Å². The molecular weight excluding hydrogens is 438 g/mol. The second kappa shape index (κ2) is 11.7. The van der Waals surface area contributed by atoms with Gasteiger partial charge in [-0.05, 0) is 49.9 Å². The van der Waals surface area contributed by atoms with Crippen LogP contribution in [0.2, 0.25) is 0 Å². The smallest absolute Gasteiger partial charge is 0.269 e. The lowest BCUT2D eigenvalue weighted by Gasteiger charge is -2.33. The maximum Gasteiger partial charge on any atom is 0.269 e. The summed E-state index contributed by atoms with van der Waals surface area (Å²) in [6, 6.07) is 19.8. The molecular formula is C28H35N5O2. The molecule has 0 spiro atoms. The van der Waals surface area contributed by atoms with Crippen molar-refractivity contribution in [2.45, 2.75) is 39.8 Å². The molecule has 2 aromatic carbocycles. The molecule has 0 bridgehead atoms. The Labute approximate surface area is 207 Å². The van der Waals surface area contributed by atoms with E-state index in [9.17, 15) is 9.59 Å². The van der Waals surface area contributed by atoms with Gasteiger partial charge in [0.1, 0.15) is 0 Å². The summed E-state index contributed by atoms with van der Waals surface area (Å²) in [6.07, 6.45) is 3.49. The first-order chi connectivity index (χ1) is 17.1. The zero-order valence-corrected chi connectivity index (χ0v) is 20.7. The average Bonchev–Trinajstić information content (AvgIpc) is 2.90. The molecule has 1 amide bonds. The van der Waals surface area contributed by atoms with E-state index in [1.807, 2.05) is 30.3 Å². The highest BCUT2D eigenvalue weighted by Crippen LogP contribution is 2.22. The number of benzene rings is 2. The number of hydrogen-bond acceptors (Lipinski definition) is 5. The molecule has 0 saturated carbocycles. The standard InChI is InChI=1S/C28H35N5O2/c1-3-31(4-2)25-14-12-22(13-15-25)18-29-28(35)24-11-8-16-32(21-24)26-17-27(34)33(30-19-26)20-23-9-6-5-7-10-23/h5-7,9-10,12-15,17,19,24H,3-4,8,11,16,18,20-21H2,1-2H3,(H,29,35)/t24-/m1/s1. The van der Waals surface area contributed by atoms with Crippen LogP contribution in [-0.2, 0) is 17.9 Å². The molecule has 7 heteroatoms. The molecule has 1 aromatic heterocycles. The van der Waals surface area contributed by atoms with E-state index in [0.717, 1.165) is 49.3 Å². The summed E-state index contributed by atoms with van der Waals surface area (Å²) in [7, 11) is 0. The van der Waals surface area contributed by atoms with E-state index < -0.39 is 0 Å². The summed E-state index contributed by atoms with van der Waals surface area (Å²) in [6.45, 7) is 8.63. The van der Waals surface area contributed by atoms with Gasteiger partial charge in [0.05, 0.1) is 24.3 Å². The van der Waals surface area contributed by atoms with Crippen LogP contribution in [0.3, 0.4) is 0 Å². The highest BCUT2D eigenvalue weighted by molar-refractivity contribution is 5.79. The molecule has 35 heavy (non-hydrogen) atoms. The minimum absolute atomic E-state index is 0.0629. The van der Waals surface area contributed by atoms with Crippen molar-refractivity contribution >= 4 is 17.3 Å². The lowest BCUT2D eigenvalue weighted by molar-refractivity contribution is -0.125. The number of carbonyl (C=O) groups excluding carboxylic acids is 1. The molecule has 1 aliphatic rings. The van der Waals surface area contributed by atoms with Gasteiger partial charge in [0.2, 0.25) is 5.91 Å². The normalized spacial score (nSPS) is 15.6. The molecule has 1 N–H and O–H groups in total. The Bertz CT molecular complexity index is 1160. The highest BCUT2D eigenvalue weighted by atomic mass is 16.2. The Morgan fingerprint density at radius 3 is 2.49 bits per heavy atom. The topological polar surface area (TPSA) is 70.5 Å². The number of amides is 1. The van der Waals surface area contributed by atoms with Gasteiger partial charge in [0, 0.05) is 44.5 Å². The zero-order chi connectivity index (χ0) is 24.6. The largest absolute Gasteiger partial charge is 0.372 e. The van der Waals surface area contributed by atoms with Crippen molar-refractivity contribution in [3.63, 3.8) is 0 Å². The number of aromatic nitrogens is 2. The summed E-state index contributed by atoms with van der Waals surface area (Å²) in [5.41, 5.74) is 3.97. The molecule has 3 aromatic rings. The van der Waals surface area contributed by atoms with Crippen LogP contribution in [0.25, 0.3) is 0 Å². The van der Waals surface area contributed by atoms with Crippen molar-refractivity contribution in [3.05, 3.63) is 88.3 Å². The Morgan fingerprint density at radius 2 is 1.80 bits per heavy atom. The van der Waals surface area contributed by atoms with Gasteiger partial charge in [-0.3, -0.25) is 9.59 Å². The molecule has 184 valence electrons. The zero-order valence-electron chi connectivity index (χ0n) is 20.7. The molecule has 0 unspecified atom stereocenters. The number of nitrogens with one attached hydrogen (secondary N) is 1. The summed E-state index contributed by atoms with van der Waals surface area (Å²) < 4.78 is 1.47. The first-order valence-corrected chi connectivity index (χ1v) is 12.5. The molecule has 7 nitrogen and oxygen atoms in total. The lowest BCUT2D eigenvalue weighted by Crippen LogP contribution is -2.43. The van der Waals surface area contributed by atoms with Crippen LogP contribution in [0, 0.1) is 5.92 Å². The second-order valence-corrected chi connectivity index (χ2v) is 9.04. The van der Waals surface area contributed by atoms with E-state index in [2.05, 4.69) is 58.3 Å². The lowest BCUT2D eigenvalue weighted by atomic mass is 9.96. The van der Waals surface area contributed by atoms with Gasteiger partial charge >= 0.3 is 0 Å². The number of anilines is 2. The number of rotatable bonds is 9. The monoisotopic (exact) mass is 473 g/mol. The van der Waals surface area contributed by atoms with Crippen molar-refractivity contribution in [1.82, 2.24) is 15.1 Å².